The lowest BCUT2D eigenvalue weighted by atomic mass is 9.87. The van der Waals surface area contributed by atoms with Crippen LogP contribution in [0.4, 0.5) is 0 Å². The SMILES string of the molecule is Cc1ccc2ccc3c(-c4cccc5ccccc45)ccc4ccc1c2c43. The highest BCUT2D eigenvalue weighted by Crippen LogP contribution is 2.41. The molecule has 0 spiro atoms. The van der Waals surface area contributed by atoms with Crippen molar-refractivity contribution in [2.75, 3.05) is 0 Å². The van der Waals surface area contributed by atoms with Crippen molar-refractivity contribution in [2.45, 2.75) is 6.92 Å². The minimum absolute atomic E-state index is 1.29. The average molecular weight is 342 g/mol. The minimum Gasteiger partial charge on any atom is -0.0616 e. The Kier molecular flexibility index (Phi) is 2.90. The maximum Gasteiger partial charge on any atom is -0.00205 e. The van der Waals surface area contributed by atoms with Crippen LogP contribution >= 0.6 is 0 Å². The molecular weight excluding hydrogens is 324 g/mol. The highest BCUT2D eigenvalue weighted by Gasteiger charge is 2.14. The Morgan fingerprint density at radius 2 is 1.04 bits per heavy atom. The van der Waals surface area contributed by atoms with Gasteiger partial charge in [0.2, 0.25) is 0 Å². The summed E-state index contributed by atoms with van der Waals surface area (Å²) < 4.78 is 0. The molecule has 0 aromatic heterocycles. The highest BCUT2D eigenvalue weighted by atomic mass is 14.2. The van der Waals surface area contributed by atoms with Crippen LogP contribution in [-0.4, -0.2) is 0 Å². The van der Waals surface area contributed by atoms with E-state index in [-0.39, 0.29) is 0 Å². The van der Waals surface area contributed by atoms with Crippen LogP contribution < -0.4 is 0 Å². The molecule has 0 aliphatic heterocycles. The minimum atomic E-state index is 1.29. The molecule has 0 saturated heterocycles. The summed E-state index contributed by atoms with van der Waals surface area (Å²) in [6, 6.07) is 33.4. The molecule has 0 heterocycles. The second-order valence-electron chi connectivity index (χ2n) is 7.44. The van der Waals surface area contributed by atoms with Crippen molar-refractivity contribution in [1.82, 2.24) is 0 Å². The second-order valence-corrected chi connectivity index (χ2v) is 7.44. The molecule has 0 nitrogen and oxygen atoms in total. The maximum atomic E-state index is 2.30. The van der Waals surface area contributed by atoms with E-state index in [1.54, 1.807) is 0 Å². The number of aryl methyl sites for hydroxylation is 1. The molecule has 0 aliphatic rings. The van der Waals surface area contributed by atoms with Crippen LogP contribution in [-0.2, 0) is 0 Å². The van der Waals surface area contributed by atoms with Crippen molar-refractivity contribution in [2.24, 2.45) is 0 Å². The largest absolute Gasteiger partial charge is 0.0616 e. The van der Waals surface area contributed by atoms with E-state index in [1.165, 1.54) is 59.8 Å². The van der Waals surface area contributed by atoms with Gasteiger partial charge in [-0.05, 0) is 66.7 Å². The van der Waals surface area contributed by atoms with Gasteiger partial charge in [0, 0.05) is 0 Å². The zero-order valence-corrected chi connectivity index (χ0v) is 15.2. The monoisotopic (exact) mass is 342 g/mol. The van der Waals surface area contributed by atoms with Crippen molar-refractivity contribution >= 4 is 43.1 Å². The summed E-state index contributed by atoms with van der Waals surface area (Å²) >= 11 is 0. The molecule has 0 saturated carbocycles. The van der Waals surface area contributed by atoms with Crippen molar-refractivity contribution < 1.29 is 0 Å². The fraction of sp³-hybridized carbons (Fsp3) is 0.0370. The summed E-state index contributed by atoms with van der Waals surface area (Å²) in [6.45, 7) is 2.21. The van der Waals surface area contributed by atoms with Crippen molar-refractivity contribution in [3.8, 4) is 11.1 Å². The van der Waals surface area contributed by atoms with Crippen LogP contribution in [0.3, 0.4) is 0 Å². The van der Waals surface area contributed by atoms with E-state index in [9.17, 15) is 0 Å². The lowest BCUT2D eigenvalue weighted by molar-refractivity contribution is 1.55. The molecule has 0 heteroatoms. The Morgan fingerprint density at radius 1 is 0.407 bits per heavy atom. The molecule has 126 valence electrons. The molecule has 0 amide bonds. The van der Waals surface area contributed by atoms with Gasteiger partial charge in [0.1, 0.15) is 0 Å². The van der Waals surface area contributed by atoms with Crippen LogP contribution in [0, 0.1) is 6.92 Å². The first-order chi connectivity index (χ1) is 13.3. The van der Waals surface area contributed by atoms with Gasteiger partial charge in [-0.15, -0.1) is 0 Å². The zero-order chi connectivity index (χ0) is 18.0. The first-order valence-corrected chi connectivity index (χ1v) is 9.46. The number of benzene rings is 6. The van der Waals surface area contributed by atoms with Crippen LogP contribution in [0.2, 0.25) is 0 Å². The van der Waals surface area contributed by atoms with Gasteiger partial charge >= 0.3 is 0 Å². The van der Waals surface area contributed by atoms with Gasteiger partial charge in [-0.1, -0.05) is 91.0 Å². The van der Waals surface area contributed by atoms with Gasteiger partial charge in [0.05, 0.1) is 0 Å². The molecule has 0 atom stereocenters. The second kappa shape index (κ2) is 5.31. The van der Waals surface area contributed by atoms with Gasteiger partial charge < -0.3 is 0 Å². The third-order valence-corrected chi connectivity index (χ3v) is 5.96. The van der Waals surface area contributed by atoms with E-state index >= 15 is 0 Å². The third-order valence-electron chi connectivity index (χ3n) is 5.96. The van der Waals surface area contributed by atoms with Crippen LogP contribution in [0.25, 0.3) is 54.2 Å². The normalized spacial score (nSPS) is 11.9. The smallest absolute Gasteiger partial charge is 0.00205 e. The molecule has 6 rings (SSSR count). The molecule has 0 N–H and O–H groups in total. The number of hydrogen-bond acceptors (Lipinski definition) is 0. The van der Waals surface area contributed by atoms with Crippen molar-refractivity contribution in [1.29, 1.82) is 0 Å². The van der Waals surface area contributed by atoms with Crippen LogP contribution in [0.5, 0.6) is 0 Å². The number of hydrogen-bond donors (Lipinski definition) is 0. The topological polar surface area (TPSA) is 0 Å². The fourth-order valence-electron chi connectivity index (χ4n) is 4.64. The summed E-state index contributed by atoms with van der Waals surface area (Å²) in [7, 11) is 0. The average Bonchev–Trinajstić information content (AvgIpc) is 2.73. The molecule has 0 unspecified atom stereocenters. The standard InChI is InChI=1S/C27H18/c1-17-9-10-19-13-16-25-24(15-12-20-11-14-21(17)26(19)27(20)25)23-8-4-6-18-5-2-3-7-22(18)23/h2-16H,1H3. The Balaban J connectivity index is 1.82. The lowest BCUT2D eigenvalue weighted by Gasteiger charge is -2.16. The number of fused-ring (bicyclic) bond motifs is 1. The lowest BCUT2D eigenvalue weighted by Crippen LogP contribution is -1.89. The predicted octanol–water partition coefficient (Wildman–Crippen LogP) is 7.71. The highest BCUT2D eigenvalue weighted by molar-refractivity contribution is 6.26. The Bertz CT molecular complexity index is 1470. The van der Waals surface area contributed by atoms with Crippen molar-refractivity contribution in [3.05, 3.63) is 96.6 Å². The Labute approximate surface area is 158 Å². The summed E-state index contributed by atoms with van der Waals surface area (Å²) in [5.74, 6) is 0. The Morgan fingerprint density at radius 3 is 1.93 bits per heavy atom. The quantitative estimate of drug-likeness (QED) is 0.268. The fourth-order valence-corrected chi connectivity index (χ4v) is 4.64. The third kappa shape index (κ3) is 1.98. The summed E-state index contributed by atoms with van der Waals surface area (Å²) in [6.07, 6.45) is 0. The van der Waals surface area contributed by atoms with E-state index in [1.807, 2.05) is 0 Å². The molecule has 0 aliphatic carbocycles. The summed E-state index contributed by atoms with van der Waals surface area (Å²) in [5, 5.41) is 10.7. The van der Waals surface area contributed by atoms with E-state index in [4.69, 9.17) is 0 Å². The van der Waals surface area contributed by atoms with Crippen molar-refractivity contribution in [3.63, 3.8) is 0 Å². The molecule has 27 heavy (non-hydrogen) atoms. The van der Waals surface area contributed by atoms with Gasteiger partial charge in [-0.3, -0.25) is 0 Å². The first-order valence-electron chi connectivity index (χ1n) is 9.46. The summed E-state index contributed by atoms with van der Waals surface area (Å²) in [5.41, 5.74) is 3.96. The first kappa shape index (κ1) is 14.8. The van der Waals surface area contributed by atoms with E-state index in [0.717, 1.165) is 0 Å². The van der Waals surface area contributed by atoms with Gasteiger partial charge in [-0.2, -0.15) is 0 Å². The molecule has 6 aromatic carbocycles. The molecule has 0 fully saturated rings. The predicted molar refractivity (Wildman–Crippen MR) is 118 cm³/mol. The van der Waals surface area contributed by atoms with E-state index in [2.05, 4.69) is 97.9 Å². The Hall–Kier alpha value is -3.38. The number of rotatable bonds is 1. The maximum absolute atomic E-state index is 2.30. The van der Waals surface area contributed by atoms with E-state index < -0.39 is 0 Å². The molecule has 6 aromatic rings. The zero-order valence-electron chi connectivity index (χ0n) is 15.2. The molecule has 0 radical (unpaired) electrons. The molecular formula is C27H18. The van der Waals surface area contributed by atoms with Gasteiger partial charge in [-0.25, -0.2) is 0 Å². The van der Waals surface area contributed by atoms with E-state index in [0.29, 0.717) is 0 Å². The van der Waals surface area contributed by atoms with Gasteiger partial charge in [0.25, 0.3) is 0 Å². The molecule has 0 bridgehead atoms. The van der Waals surface area contributed by atoms with Crippen LogP contribution in [0.1, 0.15) is 5.56 Å². The summed E-state index contributed by atoms with van der Waals surface area (Å²) in [4.78, 5) is 0. The van der Waals surface area contributed by atoms with Crippen LogP contribution in [0.15, 0.2) is 91.0 Å². The van der Waals surface area contributed by atoms with Gasteiger partial charge in [0.15, 0.2) is 0 Å².